The smallest absolute Gasteiger partial charge is 0.251 e. The highest BCUT2D eigenvalue weighted by atomic mass is 16.5. The summed E-state index contributed by atoms with van der Waals surface area (Å²) in [6.07, 6.45) is 1.84. The monoisotopic (exact) mass is 423 g/mol. The molecule has 7 heteroatoms. The summed E-state index contributed by atoms with van der Waals surface area (Å²) in [7, 11) is 0. The molecule has 2 N–H and O–H groups in total. The van der Waals surface area contributed by atoms with Crippen LogP contribution in [-0.4, -0.2) is 55.4 Å². The number of benzene rings is 2. The molecule has 1 atom stereocenters. The molecule has 2 aromatic rings. The van der Waals surface area contributed by atoms with Gasteiger partial charge in [-0.25, -0.2) is 0 Å². The molecule has 3 rings (SSSR count). The maximum atomic E-state index is 12.5. The van der Waals surface area contributed by atoms with E-state index in [0.717, 1.165) is 18.6 Å². The molecule has 1 fully saturated rings. The van der Waals surface area contributed by atoms with Gasteiger partial charge >= 0.3 is 0 Å². The predicted octanol–water partition coefficient (Wildman–Crippen LogP) is 2.24. The van der Waals surface area contributed by atoms with Gasteiger partial charge in [-0.3, -0.25) is 14.4 Å². The van der Waals surface area contributed by atoms with Crippen LogP contribution < -0.4 is 15.4 Å². The molecule has 0 saturated carbocycles. The van der Waals surface area contributed by atoms with Gasteiger partial charge in [0.05, 0.1) is 18.9 Å². The normalized spacial score (nSPS) is 15.7. The van der Waals surface area contributed by atoms with Crippen molar-refractivity contribution in [2.45, 2.75) is 19.3 Å². The summed E-state index contributed by atoms with van der Waals surface area (Å²) in [4.78, 5) is 38.7. The summed E-state index contributed by atoms with van der Waals surface area (Å²) < 4.78 is 5.60. The molecule has 1 saturated heterocycles. The van der Waals surface area contributed by atoms with Crippen molar-refractivity contribution in [3.05, 3.63) is 66.2 Å². The highest BCUT2D eigenvalue weighted by molar-refractivity contribution is 5.94. The molecule has 0 bridgehead atoms. The Bertz CT molecular complexity index is 858. The van der Waals surface area contributed by atoms with Gasteiger partial charge in [0.1, 0.15) is 5.75 Å². The van der Waals surface area contributed by atoms with Crippen LogP contribution in [0.1, 0.15) is 29.6 Å². The SMILES string of the molecule is O=C(NCCNC(=O)C1CCCN(C(=O)CCOc2ccccc2)C1)c1ccccc1. The van der Waals surface area contributed by atoms with Gasteiger partial charge < -0.3 is 20.3 Å². The zero-order chi connectivity index (χ0) is 21.9. The maximum Gasteiger partial charge on any atom is 0.251 e. The Morgan fingerprint density at radius 1 is 0.935 bits per heavy atom. The van der Waals surface area contributed by atoms with Crippen LogP contribution in [-0.2, 0) is 9.59 Å². The van der Waals surface area contributed by atoms with E-state index in [1.807, 2.05) is 36.4 Å². The van der Waals surface area contributed by atoms with Crippen LogP contribution >= 0.6 is 0 Å². The molecule has 1 aliphatic rings. The van der Waals surface area contributed by atoms with Crippen molar-refractivity contribution >= 4 is 17.7 Å². The molecule has 1 aliphatic heterocycles. The van der Waals surface area contributed by atoms with E-state index < -0.39 is 0 Å². The van der Waals surface area contributed by atoms with Crippen molar-refractivity contribution in [3.8, 4) is 5.75 Å². The first-order valence-corrected chi connectivity index (χ1v) is 10.7. The van der Waals surface area contributed by atoms with Crippen LogP contribution in [0.15, 0.2) is 60.7 Å². The lowest BCUT2D eigenvalue weighted by atomic mass is 9.97. The fourth-order valence-electron chi connectivity index (χ4n) is 3.55. The summed E-state index contributed by atoms with van der Waals surface area (Å²) in [5, 5.41) is 5.66. The number of piperidine rings is 1. The van der Waals surface area contributed by atoms with Gasteiger partial charge in [0.15, 0.2) is 0 Å². The summed E-state index contributed by atoms with van der Waals surface area (Å²) in [5.74, 6) is 0.278. The second-order valence-electron chi connectivity index (χ2n) is 7.50. The van der Waals surface area contributed by atoms with Gasteiger partial charge in [-0.2, -0.15) is 0 Å². The lowest BCUT2D eigenvalue weighted by Crippen LogP contribution is -2.46. The molecule has 31 heavy (non-hydrogen) atoms. The minimum Gasteiger partial charge on any atom is -0.493 e. The number of rotatable bonds is 9. The summed E-state index contributed by atoms with van der Waals surface area (Å²) in [6.45, 7) is 2.11. The second-order valence-corrected chi connectivity index (χ2v) is 7.50. The van der Waals surface area contributed by atoms with Crippen molar-refractivity contribution in [2.75, 3.05) is 32.8 Å². The van der Waals surface area contributed by atoms with Gasteiger partial charge in [-0.05, 0) is 37.1 Å². The topological polar surface area (TPSA) is 87.7 Å². The number of likely N-dealkylation sites (tertiary alicyclic amines) is 1. The Labute approximate surface area is 182 Å². The molecule has 1 heterocycles. The van der Waals surface area contributed by atoms with E-state index in [1.165, 1.54) is 0 Å². The quantitative estimate of drug-likeness (QED) is 0.606. The maximum absolute atomic E-state index is 12.5. The zero-order valence-corrected chi connectivity index (χ0v) is 17.6. The van der Waals surface area contributed by atoms with Crippen molar-refractivity contribution in [3.63, 3.8) is 0 Å². The van der Waals surface area contributed by atoms with Crippen LogP contribution in [0, 0.1) is 5.92 Å². The number of hydrogen-bond acceptors (Lipinski definition) is 4. The van der Waals surface area contributed by atoms with E-state index in [0.29, 0.717) is 38.3 Å². The molecule has 3 amide bonds. The lowest BCUT2D eigenvalue weighted by molar-refractivity contribution is -0.136. The van der Waals surface area contributed by atoms with Gasteiger partial charge in [-0.15, -0.1) is 0 Å². The number of amides is 3. The molecule has 0 spiro atoms. The molecule has 2 aromatic carbocycles. The first kappa shape index (κ1) is 22.3. The minimum absolute atomic E-state index is 0.00329. The van der Waals surface area contributed by atoms with E-state index >= 15 is 0 Å². The summed E-state index contributed by atoms with van der Waals surface area (Å²) in [6, 6.07) is 18.3. The van der Waals surface area contributed by atoms with E-state index in [1.54, 1.807) is 29.2 Å². The molecular formula is C24H29N3O4. The second kappa shape index (κ2) is 11.7. The average molecular weight is 424 g/mol. The highest BCUT2D eigenvalue weighted by Crippen LogP contribution is 2.17. The van der Waals surface area contributed by atoms with Crippen molar-refractivity contribution < 1.29 is 19.1 Å². The van der Waals surface area contributed by atoms with Crippen molar-refractivity contribution in [1.29, 1.82) is 0 Å². The molecular weight excluding hydrogens is 394 g/mol. The Kier molecular flexibility index (Phi) is 8.46. The molecule has 7 nitrogen and oxygen atoms in total. The summed E-state index contributed by atoms with van der Waals surface area (Å²) in [5.41, 5.74) is 0.589. The molecule has 1 unspecified atom stereocenters. The van der Waals surface area contributed by atoms with Crippen LogP contribution in [0.3, 0.4) is 0 Å². The van der Waals surface area contributed by atoms with E-state index in [4.69, 9.17) is 4.74 Å². The van der Waals surface area contributed by atoms with Gasteiger partial charge in [-0.1, -0.05) is 36.4 Å². The van der Waals surface area contributed by atoms with Crippen molar-refractivity contribution in [2.24, 2.45) is 5.92 Å². The fourth-order valence-corrected chi connectivity index (χ4v) is 3.55. The Balaban J connectivity index is 1.34. The first-order chi connectivity index (χ1) is 15.1. The Morgan fingerprint density at radius 2 is 1.61 bits per heavy atom. The van der Waals surface area contributed by atoms with Gasteiger partial charge in [0.25, 0.3) is 5.91 Å². The number of ether oxygens (including phenoxy) is 1. The molecule has 0 aromatic heterocycles. The number of hydrogen-bond donors (Lipinski definition) is 2. The van der Waals surface area contributed by atoms with Crippen LogP contribution in [0.25, 0.3) is 0 Å². The number of nitrogens with one attached hydrogen (secondary N) is 2. The largest absolute Gasteiger partial charge is 0.493 e. The number of nitrogens with zero attached hydrogens (tertiary/aromatic N) is 1. The highest BCUT2D eigenvalue weighted by Gasteiger charge is 2.28. The predicted molar refractivity (Wildman–Crippen MR) is 118 cm³/mol. The van der Waals surface area contributed by atoms with Crippen LogP contribution in [0.5, 0.6) is 5.75 Å². The van der Waals surface area contributed by atoms with Gasteiger partial charge in [0, 0.05) is 31.7 Å². The zero-order valence-electron chi connectivity index (χ0n) is 17.6. The number of carbonyl (C=O) groups excluding carboxylic acids is 3. The number of carbonyl (C=O) groups is 3. The van der Waals surface area contributed by atoms with E-state index in [-0.39, 0.29) is 30.1 Å². The van der Waals surface area contributed by atoms with Crippen LogP contribution in [0.2, 0.25) is 0 Å². The Hall–Kier alpha value is -3.35. The minimum atomic E-state index is -0.224. The summed E-state index contributed by atoms with van der Waals surface area (Å²) >= 11 is 0. The third-order valence-electron chi connectivity index (χ3n) is 5.22. The standard InChI is InChI=1S/C24H29N3O4/c28-22(13-17-31-21-11-5-2-6-12-21)27-16-7-10-20(18-27)24(30)26-15-14-25-23(29)19-8-3-1-4-9-19/h1-6,8-9,11-12,20H,7,10,13-18H2,(H,25,29)(H,26,30). The third-order valence-corrected chi connectivity index (χ3v) is 5.22. The van der Waals surface area contributed by atoms with E-state index in [2.05, 4.69) is 10.6 Å². The fraction of sp³-hybridized carbons (Fsp3) is 0.375. The molecule has 0 radical (unpaired) electrons. The van der Waals surface area contributed by atoms with E-state index in [9.17, 15) is 14.4 Å². The average Bonchev–Trinajstić information content (AvgIpc) is 2.82. The van der Waals surface area contributed by atoms with Gasteiger partial charge in [0.2, 0.25) is 11.8 Å². The van der Waals surface area contributed by atoms with Crippen molar-refractivity contribution in [1.82, 2.24) is 15.5 Å². The third kappa shape index (κ3) is 7.13. The first-order valence-electron chi connectivity index (χ1n) is 10.7. The number of para-hydroxylation sites is 1. The Morgan fingerprint density at radius 3 is 2.35 bits per heavy atom. The molecule has 0 aliphatic carbocycles. The lowest BCUT2D eigenvalue weighted by Gasteiger charge is -2.32. The van der Waals surface area contributed by atoms with Crippen LogP contribution in [0.4, 0.5) is 0 Å². The molecule has 164 valence electrons.